The third kappa shape index (κ3) is 4.40. The minimum absolute atomic E-state index is 0.229. The topological polar surface area (TPSA) is 29.5 Å². The highest BCUT2D eigenvalue weighted by molar-refractivity contribution is 5.71. The Balaban J connectivity index is 2.37. The zero-order valence-corrected chi connectivity index (χ0v) is 9.57. The van der Waals surface area contributed by atoms with Gasteiger partial charge in [0.05, 0.1) is 13.7 Å². The van der Waals surface area contributed by atoms with E-state index in [9.17, 15) is 9.18 Å². The van der Waals surface area contributed by atoms with Crippen molar-refractivity contribution in [1.82, 2.24) is 4.90 Å². The summed E-state index contributed by atoms with van der Waals surface area (Å²) in [5, 5.41) is 0. The van der Waals surface area contributed by atoms with E-state index in [1.54, 1.807) is 6.07 Å². The van der Waals surface area contributed by atoms with Gasteiger partial charge in [0.2, 0.25) is 0 Å². The number of halogens is 1. The molecular weight excluding hydrogens is 209 g/mol. The third-order valence-corrected chi connectivity index (χ3v) is 2.30. The molecule has 0 fully saturated rings. The fourth-order valence-corrected chi connectivity index (χ4v) is 1.38. The number of carbonyl (C=O) groups excluding carboxylic acids is 1. The Labute approximate surface area is 94.8 Å². The maximum atomic E-state index is 12.9. The number of hydrogen-bond acceptors (Lipinski definition) is 3. The Bertz CT molecular complexity index is 355. The Kier molecular flexibility index (Phi) is 4.92. The Morgan fingerprint density at radius 3 is 2.88 bits per heavy atom. The van der Waals surface area contributed by atoms with Crippen molar-refractivity contribution in [2.45, 2.75) is 6.42 Å². The van der Waals surface area contributed by atoms with Crippen molar-refractivity contribution >= 4 is 5.97 Å². The number of likely N-dealkylation sites (N-methyl/N-ethyl adjacent to an activating group) is 1. The van der Waals surface area contributed by atoms with Crippen LogP contribution in [0.4, 0.5) is 4.39 Å². The monoisotopic (exact) mass is 225 g/mol. The average Bonchev–Trinajstić information content (AvgIpc) is 2.26. The standard InChI is InChI=1S/C12H16FNO2/c1-14(9-12(15)16-2)7-6-10-4-3-5-11(13)8-10/h3-5,8H,6-7,9H2,1-2H3. The van der Waals surface area contributed by atoms with Gasteiger partial charge in [0.1, 0.15) is 5.82 Å². The van der Waals surface area contributed by atoms with Crippen LogP contribution in [-0.2, 0) is 16.0 Å². The fraction of sp³-hybridized carbons (Fsp3) is 0.417. The number of nitrogens with zero attached hydrogens (tertiary/aromatic N) is 1. The van der Waals surface area contributed by atoms with Crippen LogP contribution in [0.25, 0.3) is 0 Å². The van der Waals surface area contributed by atoms with Gasteiger partial charge in [-0.1, -0.05) is 12.1 Å². The van der Waals surface area contributed by atoms with Gasteiger partial charge in [-0.2, -0.15) is 0 Å². The second-order valence-electron chi connectivity index (χ2n) is 3.69. The van der Waals surface area contributed by atoms with E-state index in [2.05, 4.69) is 4.74 Å². The van der Waals surface area contributed by atoms with E-state index in [0.717, 1.165) is 5.56 Å². The third-order valence-electron chi connectivity index (χ3n) is 2.30. The maximum Gasteiger partial charge on any atom is 0.319 e. The van der Waals surface area contributed by atoms with Crippen LogP contribution in [0.5, 0.6) is 0 Å². The molecule has 0 heterocycles. The maximum absolute atomic E-state index is 12.9. The van der Waals surface area contributed by atoms with Gasteiger partial charge < -0.3 is 4.74 Å². The number of esters is 1. The first-order chi connectivity index (χ1) is 7.61. The number of hydrogen-bond donors (Lipinski definition) is 0. The van der Waals surface area contributed by atoms with Gasteiger partial charge >= 0.3 is 5.97 Å². The van der Waals surface area contributed by atoms with E-state index in [-0.39, 0.29) is 18.3 Å². The summed E-state index contributed by atoms with van der Waals surface area (Å²) in [6.07, 6.45) is 0.714. The zero-order valence-electron chi connectivity index (χ0n) is 9.57. The average molecular weight is 225 g/mol. The summed E-state index contributed by atoms with van der Waals surface area (Å²) in [5.74, 6) is -0.491. The lowest BCUT2D eigenvalue weighted by Gasteiger charge is -2.14. The van der Waals surface area contributed by atoms with Crippen LogP contribution in [0.3, 0.4) is 0 Å². The fourth-order valence-electron chi connectivity index (χ4n) is 1.38. The lowest BCUT2D eigenvalue weighted by Crippen LogP contribution is -2.28. The summed E-state index contributed by atoms with van der Waals surface area (Å²) in [6.45, 7) is 0.949. The summed E-state index contributed by atoms with van der Waals surface area (Å²) in [7, 11) is 3.19. The number of benzene rings is 1. The molecule has 0 aliphatic carbocycles. The second kappa shape index (κ2) is 6.23. The molecule has 0 N–H and O–H groups in total. The van der Waals surface area contributed by atoms with Crippen molar-refractivity contribution in [2.24, 2.45) is 0 Å². The Morgan fingerprint density at radius 2 is 2.25 bits per heavy atom. The first kappa shape index (κ1) is 12.6. The first-order valence-corrected chi connectivity index (χ1v) is 5.11. The van der Waals surface area contributed by atoms with E-state index in [1.165, 1.54) is 19.2 Å². The normalized spacial score (nSPS) is 10.5. The smallest absolute Gasteiger partial charge is 0.319 e. The molecule has 0 atom stereocenters. The molecule has 0 saturated heterocycles. The molecule has 0 amide bonds. The van der Waals surface area contributed by atoms with Gasteiger partial charge in [0.15, 0.2) is 0 Å². The molecule has 1 aromatic carbocycles. The highest BCUT2D eigenvalue weighted by Crippen LogP contribution is 2.04. The Hall–Kier alpha value is -1.42. The molecule has 0 aliphatic heterocycles. The van der Waals surface area contributed by atoms with Gasteiger partial charge in [-0.15, -0.1) is 0 Å². The molecule has 0 aromatic heterocycles. The minimum Gasteiger partial charge on any atom is -0.468 e. The van der Waals surface area contributed by atoms with Gasteiger partial charge in [-0.3, -0.25) is 9.69 Å². The van der Waals surface area contributed by atoms with Crippen LogP contribution in [0.2, 0.25) is 0 Å². The van der Waals surface area contributed by atoms with Crippen molar-refractivity contribution in [3.63, 3.8) is 0 Å². The Morgan fingerprint density at radius 1 is 1.50 bits per heavy atom. The number of methoxy groups -OCH3 is 1. The van der Waals surface area contributed by atoms with E-state index in [0.29, 0.717) is 13.0 Å². The van der Waals surface area contributed by atoms with Crippen molar-refractivity contribution < 1.29 is 13.9 Å². The quantitative estimate of drug-likeness (QED) is 0.711. The van der Waals surface area contributed by atoms with Gasteiger partial charge in [-0.05, 0) is 31.2 Å². The molecule has 3 nitrogen and oxygen atoms in total. The molecule has 0 radical (unpaired) electrons. The van der Waals surface area contributed by atoms with Crippen LogP contribution >= 0.6 is 0 Å². The summed E-state index contributed by atoms with van der Waals surface area (Å²) in [4.78, 5) is 12.8. The lowest BCUT2D eigenvalue weighted by molar-refractivity contribution is -0.141. The van der Waals surface area contributed by atoms with Crippen LogP contribution < -0.4 is 0 Å². The zero-order chi connectivity index (χ0) is 12.0. The highest BCUT2D eigenvalue weighted by atomic mass is 19.1. The van der Waals surface area contributed by atoms with Crippen LogP contribution in [0.15, 0.2) is 24.3 Å². The molecule has 0 spiro atoms. The van der Waals surface area contributed by atoms with Gasteiger partial charge in [0, 0.05) is 6.54 Å². The molecule has 0 unspecified atom stereocenters. The van der Waals surface area contributed by atoms with Crippen molar-refractivity contribution in [1.29, 1.82) is 0 Å². The summed E-state index contributed by atoms with van der Waals surface area (Å²) >= 11 is 0. The molecule has 1 rings (SSSR count). The van der Waals surface area contributed by atoms with Gasteiger partial charge in [-0.25, -0.2) is 4.39 Å². The van der Waals surface area contributed by atoms with E-state index in [4.69, 9.17) is 0 Å². The summed E-state index contributed by atoms with van der Waals surface area (Å²) in [6, 6.07) is 6.48. The van der Waals surface area contributed by atoms with E-state index in [1.807, 2.05) is 18.0 Å². The van der Waals surface area contributed by atoms with Crippen molar-refractivity contribution in [3.05, 3.63) is 35.6 Å². The van der Waals surface area contributed by atoms with Gasteiger partial charge in [0.25, 0.3) is 0 Å². The van der Waals surface area contributed by atoms with Crippen LogP contribution in [0, 0.1) is 5.82 Å². The van der Waals surface area contributed by atoms with Crippen LogP contribution in [0.1, 0.15) is 5.56 Å². The minimum atomic E-state index is -0.262. The molecule has 1 aromatic rings. The molecule has 0 aliphatic rings. The molecular formula is C12H16FNO2. The molecule has 0 bridgehead atoms. The van der Waals surface area contributed by atoms with Crippen LogP contribution in [-0.4, -0.2) is 38.1 Å². The largest absolute Gasteiger partial charge is 0.468 e. The lowest BCUT2D eigenvalue weighted by atomic mass is 10.1. The SMILES string of the molecule is COC(=O)CN(C)CCc1cccc(F)c1. The number of rotatable bonds is 5. The molecule has 0 saturated carbocycles. The molecule has 16 heavy (non-hydrogen) atoms. The predicted molar refractivity (Wildman–Crippen MR) is 59.6 cm³/mol. The van der Waals surface area contributed by atoms with Crippen molar-refractivity contribution in [2.75, 3.05) is 27.2 Å². The molecule has 4 heteroatoms. The summed E-state index contributed by atoms with van der Waals surface area (Å²) < 4.78 is 17.4. The highest BCUT2D eigenvalue weighted by Gasteiger charge is 2.06. The second-order valence-corrected chi connectivity index (χ2v) is 3.69. The summed E-state index contributed by atoms with van der Waals surface area (Å²) in [5.41, 5.74) is 0.928. The molecule has 88 valence electrons. The van der Waals surface area contributed by atoms with E-state index < -0.39 is 0 Å². The van der Waals surface area contributed by atoms with E-state index >= 15 is 0 Å². The number of carbonyl (C=O) groups is 1. The number of ether oxygens (including phenoxy) is 1. The first-order valence-electron chi connectivity index (χ1n) is 5.11. The predicted octanol–water partition coefficient (Wildman–Crippen LogP) is 1.47. The van der Waals surface area contributed by atoms with Crippen molar-refractivity contribution in [3.8, 4) is 0 Å².